The molecule has 0 aliphatic carbocycles. The number of halogens is 2. The van der Waals surface area contributed by atoms with E-state index in [-0.39, 0.29) is 11.6 Å². The first-order chi connectivity index (χ1) is 14.4. The van der Waals surface area contributed by atoms with E-state index in [9.17, 15) is 15.0 Å². The maximum absolute atomic E-state index is 13.1. The lowest BCUT2D eigenvalue weighted by Crippen LogP contribution is -2.35. The molecule has 0 saturated heterocycles. The number of nitrogens with zero attached hydrogens (tertiary/aromatic N) is 2. The average Bonchev–Trinajstić information content (AvgIpc) is 3.08. The highest BCUT2D eigenvalue weighted by Gasteiger charge is 2.40. The van der Waals surface area contributed by atoms with Gasteiger partial charge in [-0.25, -0.2) is 0 Å². The van der Waals surface area contributed by atoms with Crippen LogP contribution in [0.15, 0.2) is 92.0 Å². The van der Waals surface area contributed by atoms with Crippen LogP contribution in [0.25, 0.3) is 10.9 Å². The van der Waals surface area contributed by atoms with Crippen LogP contribution in [0, 0.1) is 0 Å². The number of carbonyl (C=O) groups is 1. The second-order valence-corrected chi connectivity index (χ2v) is 8.35. The molecule has 0 atom stereocenters. The van der Waals surface area contributed by atoms with Crippen molar-refractivity contribution >= 4 is 54.4 Å². The standard InChI is InChI=1S/C22H15Br2N3O3/c23-15-11-16-18(17(24)12-15)25-20(28)19(16)26-27-21(29)22(30,13-7-3-1-4-8-13)14-9-5-2-6-10-14/h1-12,25,28,30H. The molecule has 0 radical (unpaired) electrons. The fourth-order valence-corrected chi connectivity index (χ4v) is 4.56. The van der Waals surface area contributed by atoms with Crippen LogP contribution in [0.1, 0.15) is 11.1 Å². The number of aliphatic hydroxyl groups is 1. The summed E-state index contributed by atoms with van der Waals surface area (Å²) < 4.78 is 1.47. The van der Waals surface area contributed by atoms with E-state index in [1.54, 1.807) is 66.7 Å². The van der Waals surface area contributed by atoms with Crippen LogP contribution in [0.5, 0.6) is 5.88 Å². The zero-order valence-corrected chi connectivity index (χ0v) is 18.6. The van der Waals surface area contributed by atoms with Gasteiger partial charge in [-0.2, -0.15) is 0 Å². The molecule has 0 saturated carbocycles. The number of aromatic nitrogens is 1. The third-order valence-electron chi connectivity index (χ3n) is 4.71. The van der Waals surface area contributed by atoms with Crippen molar-refractivity contribution in [2.24, 2.45) is 10.2 Å². The Bertz CT molecular complexity index is 1220. The smallest absolute Gasteiger partial charge is 0.305 e. The first-order valence-corrected chi connectivity index (χ1v) is 10.5. The highest BCUT2D eigenvalue weighted by atomic mass is 79.9. The Balaban J connectivity index is 1.80. The lowest BCUT2D eigenvalue weighted by Gasteiger charge is -2.25. The Kier molecular flexibility index (Phi) is 5.55. The quantitative estimate of drug-likeness (QED) is 0.286. The van der Waals surface area contributed by atoms with Crippen LogP contribution in [-0.2, 0) is 10.4 Å². The fourth-order valence-electron chi connectivity index (χ4n) is 3.23. The lowest BCUT2D eigenvalue weighted by molar-refractivity contribution is -0.133. The average molecular weight is 529 g/mol. The number of hydrogen-bond donors (Lipinski definition) is 3. The van der Waals surface area contributed by atoms with Crippen LogP contribution in [-0.4, -0.2) is 21.1 Å². The van der Waals surface area contributed by atoms with E-state index >= 15 is 0 Å². The van der Waals surface area contributed by atoms with Crippen molar-refractivity contribution in [1.29, 1.82) is 0 Å². The number of hydrogen-bond acceptors (Lipinski definition) is 4. The Labute approximate surface area is 188 Å². The predicted octanol–water partition coefficient (Wildman–Crippen LogP) is 5.94. The highest BCUT2D eigenvalue weighted by Crippen LogP contribution is 2.41. The number of amides is 1. The number of azo groups is 1. The van der Waals surface area contributed by atoms with Crippen molar-refractivity contribution in [1.82, 2.24) is 4.98 Å². The van der Waals surface area contributed by atoms with Crippen molar-refractivity contribution in [3.8, 4) is 5.88 Å². The molecule has 4 aromatic rings. The highest BCUT2D eigenvalue weighted by molar-refractivity contribution is 9.11. The molecule has 0 fully saturated rings. The summed E-state index contributed by atoms with van der Waals surface area (Å²) >= 11 is 6.81. The summed E-state index contributed by atoms with van der Waals surface area (Å²) in [5.74, 6) is -1.11. The molecule has 0 unspecified atom stereocenters. The summed E-state index contributed by atoms with van der Waals surface area (Å²) in [6.07, 6.45) is 0. The molecule has 0 aliphatic rings. The number of H-pyrrole nitrogens is 1. The van der Waals surface area contributed by atoms with Gasteiger partial charge in [0.2, 0.25) is 5.88 Å². The zero-order valence-electron chi connectivity index (χ0n) is 15.4. The van der Waals surface area contributed by atoms with Crippen molar-refractivity contribution < 1.29 is 15.0 Å². The van der Waals surface area contributed by atoms with Crippen molar-refractivity contribution in [2.75, 3.05) is 0 Å². The van der Waals surface area contributed by atoms with Gasteiger partial charge in [-0.3, -0.25) is 4.79 Å². The maximum Gasteiger partial charge on any atom is 0.305 e. The van der Waals surface area contributed by atoms with Crippen molar-refractivity contribution in [2.45, 2.75) is 5.60 Å². The molecule has 30 heavy (non-hydrogen) atoms. The molecule has 0 aliphatic heterocycles. The molecule has 150 valence electrons. The monoisotopic (exact) mass is 527 g/mol. The minimum Gasteiger partial charge on any atom is -0.493 e. The Morgan fingerprint density at radius 2 is 1.50 bits per heavy atom. The maximum atomic E-state index is 13.1. The van der Waals surface area contributed by atoms with E-state index in [1.165, 1.54) is 0 Å². The number of fused-ring (bicyclic) bond motifs is 1. The minimum atomic E-state index is -2.02. The van der Waals surface area contributed by atoms with Gasteiger partial charge in [0, 0.05) is 14.3 Å². The van der Waals surface area contributed by atoms with Gasteiger partial charge in [0.25, 0.3) is 0 Å². The Morgan fingerprint density at radius 1 is 0.933 bits per heavy atom. The van der Waals surface area contributed by atoms with E-state index in [1.807, 2.05) is 6.07 Å². The first kappa shape index (κ1) is 20.5. The van der Waals surface area contributed by atoms with E-state index in [2.05, 4.69) is 47.1 Å². The number of benzene rings is 3. The van der Waals surface area contributed by atoms with E-state index < -0.39 is 11.5 Å². The Hall–Kier alpha value is -2.81. The number of nitrogens with one attached hydrogen (secondary N) is 1. The summed E-state index contributed by atoms with van der Waals surface area (Å²) in [5, 5.41) is 30.0. The van der Waals surface area contributed by atoms with Gasteiger partial charge in [0.05, 0.1) is 5.52 Å². The van der Waals surface area contributed by atoms with E-state index in [0.29, 0.717) is 26.5 Å². The molecule has 1 heterocycles. The summed E-state index contributed by atoms with van der Waals surface area (Å²) in [6, 6.07) is 20.7. The molecule has 3 aromatic carbocycles. The van der Waals surface area contributed by atoms with Gasteiger partial charge < -0.3 is 15.2 Å². The second-order valence-electron chi connectivity index (χ2n) is 6.58. The van der Waals surface area contributed by atoms with Crippen molar-refractivity contribution in [3.05, 3.63) is 92.9 Å². The number of aromatic amines is 1. The largest absolute Gasteiger partial charge is 0.493 e. The van der Waals surface area contributed by atoms with Crippen LogP contribution in [0.3, 0.4) is 0 Å². The number of carbonyl (C=O) groups excluding carboxylic acids is 1. The lowest BCUT2D eigenvalue weighted by atomic mass is 9.86. The van der Waals surface area contributed by atoms with Crippen LogP contribution >= 0.6 is 31.9 Å². The fraction of sp³-hybridized carbons (Fsp3) is 0.0455. The molecule has 0 spiro atoms. The molecule has 3 N–H and O–H groups in total. The molecule has 8 heteroatoms. The van der Waals surface area contributed by atoms with Crippen LogP contribution < -0.4 is 0 Å². The summed E-state index contributed by atoms with van der Waals surface area (Å²) in [4.78, 5) is 15.9. The third-order valence-corrected chi connectivity index (χ3v) is 5.79. The van der Waals surface area contributed by atoms with Gasteiger partial charge in [0.1, 0.15) is 0 Å². The molecule has 0 bridgehead atoms. The molecule has 1 amide bonds. The van der Waals surface area contributed by atoms with Crippen molar-refractivity contribution in [3.63, 3.8) is 0 Å². The zero-order chi connectivity index (χ0) is 21.3. The third kappa shape index (κ3) is 3.58. The second kappa shape index (κ2) is 8.14. The van der Waals surface area contributed by atoms with Gasteiger partial charge in [-0.15, -0.1) is 10.2 Å². The summed E-state index contributed by atoms with van der Waals surface area (Å²) in [6.45, 7) is 0. The van der Waals surface area contributed by atoms with Gasteiger partial charge in [-0.05, 0) is 39.2 Å². The van der Waals surface area contributed by atoms with Gasteiger partial charge >= 0.3 is 5.91 Å². The Morgan fingerprint density at radius 3 is 2.07 bits per heavy atom. The molecular formula is C22H15Br2N3O3. The van der Waals surface area contributed by atoms with Gasteiger partial charge in [0.15, 0.2) is 11.3 Å². The molecule has 1 aromatic heterocycles. The van der Waals surface area contributed by atoms with Crippen LogP contribution in [0.4, 0.5) is 5.69 Å². The number of rotatable bonds is 4. The summed E-state index contributed by atoms with van der Waals surface area (Å²) in [7, 11) is 0. The SMILES string of the molecule is O=C(N=Nc1c(O)[nH]c2c(Br)cc(Br)cc12)C(O)(c1ccccc1)c1ccccc1. The van der Waals surface area contributed by atoms with E-state index in [0.717, 1.165) is 4.47 Å². The minimum absolute atomic E-state index is 0.101. The van der Waals surface area contributed by atoms with Gasteiger partial charge in [-0.1, -0.05) is 76.6 Å². The number of aromatic hydroxyl groups is 1. The molecule has 4 rings (SSSR count). The first-order valence-electron chi connectivity index (χ1n) is 8.90. The molecule has 6 nitrogen and oxygen atoms in total. The topological polar surface area (TPSA) is 98.0 Å². The predicted molar refractivity (Wildman–Crippen MR) is 121 cm³/mol. The molecular weight excluding hydrogens is 514 g/mol. The van der Waals surface area contributed by atoms with Crippen LogP contribution in [0.2, 0.25) is 0 Å². The normalized spacial score (nSPS) is 12.0. The summed E-state index contributed by atoms with van der Waals surface area (Å²) in [5.41, 5.74) is -0.570. The van der Waals surface area contributed by atoms with E-state index in [4.69, 9.17) is 0 Å².